The lowest BCUT2D eigenvalue weighted by atomic mass is 10.1. The third-order valence-corrected chi connectivity index (χ3v) is 3.78. The highest BCUT2D eigenvalue weighted by Crippen LogP contribution is 2.29. The Bertz CT molecular complexity index is 552. The summed E-state index contributed by atoms with van der Waals surface area (Å²) >= 11 is 6.27. The van der Waals surface area contributed by atoms with Gasteiger partial charge in [0.05, 0.1) is 0 Å². The van der Waals surface area contributed by atoms with Crippen molar-refractivity contribution in [1.82, 2.24) is 0 Å². The van der Waals surface area contributed by atoms with Gasteiger partial charge in [-0.15, -0.1) is 0 Å². The Hall–Kier alpha value is -1.51. The molecule has 2 rings (SSSR count). The van der Waals surface area contributed by atoms with Crippen molar-refractivity contribution >= 4 is 17.3 Å². The standard InChI is InChI=1S/C17H21ClN2/c1-13(2)20(12-14-7-4-3-5-8-14)17-10-6-9-16(18)15(17)11-19/h3-10,13H,11-12,19H2,1-2H3. The second-order valence-corrected chi connectivity index (χ2v) is 5.56. The second kappa shape index (κ2) is 6.78. The monoisotopic (exact) mass is 288 g/mol. The van der Waals surface area contributed by atoms with Gasteiger partial charge in [0.2, 0.25) is 0 Å². The van der Waals surface area contributed by atoms with Crippen molar-refractivity contribution in [2.24, 2.45) is 5.73 Å². The summed E-state index contributed by atoms with van der Waals surface area (Å²) in [7, 11) is 0. The summed E-state index contributed by atoms with van der Waals surface area (Å²) in [5, 5.41) is 0.740. The van der Waals surface area contributed by atoms with E-state index >= 15 is 0 Å². The van der Waals surface area contributed by atoms with Crippen LogP contribution in [0, 0.1) is 0 Å². The fourth-order valence-corrected chi connectivity index (χ4v) is 2.59. The minimum Gasteiger partial charge on any atom is -0.364 e. The molecule has 0 saturated heterocycles. The highest BCUT2D eigenvalue weighted by molar-refractivity contribution is 6.31. The van der Waals surface area contributed by atoms with Crippen molar-refractivity contribution < 1.29 is 0 Å². The van der Waals surface area contributed by atoms with Gasteiger partial charge < -0.3 is 10.6 Å². The Morgan fingerprint density at radius 2 is 1.75 bits per heavy atom. The maximum atomic E-state index is 6.27. The van der Waals surface area contributed by atoms with E-state index in [1.807, 2.05) is 18.2 Å². The zero-order valence-corrected chi connectivity index (χ0v) is 12.8. The van der Waals surface area contributed by atoms with Gasteiger partial charge in [0.1, 0.15) is 0 Å². The average molecular weight is 289 g/mol. The van der Waals surface area contributed by atoms with Gasteiger partial charge in [0.25, 0.3) is 0 Å². The fourth-order valence-electron chi connectivity index (χ4n) is 2.34. The van der Waals surface area contributed by atoms with E-state index in [4.69, 9.17) is 17.3 Å². The fraction of sp³-hybridized carbons (Fsp3) is 0.294. The van der Waals surface area contributed by atoms with Crippen LogP contribution in [0.15, 0.2) is 48.5 Å². The van der Waals surface area contributed by atoms with Crippen molar-refractivity contribution in [3.8, 4) is 0 Å². The van der Waals surface area contributed by atoms with Crippen LogP contribution >= 0.6 is 11.6 Å². The first-order valence-electron chi connectivity index (χ1n) is 6.91. The summed E-state index contributed by atoms with van der Waals surface area (Å²) in [6.45, 7) is 5.67. The summed E-state index contributed by atoms with van der Waals surface area (Å²) < 4.78 is 0. The van der Waals surface area contributed by atoms with E-state index in [0.717, 1.165) is 22.8 Å². The molecule has 0 aliphatic carbocycles. The normalized spacial score (nSPS) is 10.8. The van der Waals surface area contributed by atoms with Crippen molar-refractivity contribution in [3.05, 3.63) is 64.7 Å². The zero-order chi connectivity index (χ0) is 14.5. The van der Waals surface area contributed by atoms with Crippen molar-refractivity contribution in [3.63, 3.8) is 0 Å². The molecule has 0 aliphatic rings. The molecule has 0 aromatic heterocycles. The molecule has 0 spiro atoms. The molecule has 0 unspecified atom stereocenters. The van der Waals surface area contributed by atoms with E-state index in [1.54, 1.807) is 0 Å². The minimum absolute atomic E-state index is 0.374. The summed E-state index contributed by atoms with van der Waals surface area (Å²) in [6.07, 6.45) is 0. The van der Waals surface area contributed by atoms with Crippen molar-refractivity contribution in [1.29, 1.82) is 0 Å². The lowest BCUT2D eigenvalue weighted by molar-refractivity contribution is 0.678. The van der Waals surface area contributed by atoms with Crippen LogP contribution in [0.25, 0.3) is 0 Å². The van der Waals surface area contributed by atoms with Crippen LogP contribution in [-0.2, 0) is 13.1 Å². The number of hydrogen-bond acceptors (Lipinski definition) is 2. The first-order valence-corrected chi connectivity index (χ1v) is 7.29. The first-order chi connectivity index (χ1) is 9.63. The number of benzene rings is 2. The van der Waals surface area contributed by atoms with Gasteiger partial charge in [-0.25, -0.2) is 0 Å². The number of anilines is 1. The molecule has 3 heteroatoms. The molecule has 2 aromatic carbocycles. The maximum absolute atomic E-state index is 6.27. The number of hydrogen-bond donors (Lipinski definition) is 1. The van der Waals surface area contributed by atoms with Gasteiger partial charge in [0, 0.05) is 35.4 Å². The Balaban J connectivity index is 2.37. The molecule has 2 aromatic rings. The first kappa shape index (κ1) is 14.9. The molecule has 0 radical (unpaired) electrons. The summed E-state index contributed by atoms with van der Waals surface area (Å²) in [5.41, 5.74) is 9.29. The Morgan fingerprint density at radius 1 is 1.05 bits per heavy atom. The molecule has 0 fully saturated rings. The highest BCUT2D eigenvalue weighted by Gasteiger charge is 2.16. The smallest absolute Gasteiger partial charge is 0.0471 e. The number of nitrogens with zero attached hydrogens (tertiary/aromatic N) is 1. The molecule has 0 atom stereocenters. The largest absolute Gasteiger partial charge is 0.364 e. The molecule has 0 saturated carbocycles. The lowest BCUT2D eigenvalue weighted by Gasteiger charge is -2.31. The van der Waals surface area contributed by atoms with Crippen molar-refractivity contribution in [2.75, 3.05) is 4.90 Å². The Labute approximate surface area is 126 Å². The van der Waals surface area contributed by atoms with Crippen LogP contribution in [0.4, 0.5) is 5.69 Å². The van der Waals surface area contributed by atoms with Crippen LogP contribution in [0.3, 0.4) is 0 Å². The summed E-state index contributed by atoms with van der Waals surface area (Å²) in [4.78, 5) is 2.34. The molecular formula is C17H21ClN2. The molecule has 0 bridgehead atoms. The summed E-state index contributed by atoms with van der Waals surface area (Å²) in [6, 6.07) is 16.8. The third-order valence-electron chi connectivity index (χ3n) is 3.43. The van der Waals surface area contributed by atoms with Gasteiger partial charge in [-0.1, -0.05) is 48.0 Å². The van der Waals surface area contributed by atoms with Gasteiger partial charge in [-0.2, -0.15) is 0 Å². The molecule has 106 valence electrons. The van der Waals surface area contributed by atoms with Crippen LogP contribution in [-0.4, -0.2) is 6.04 Å². The lowest BCUT2D eigenvalue weighted by Crippen LogP contribution is -2.31. The van der Waals surface area contributed by atoms with Gasteiger partial charge in [-0.05, 0) is 31.5 Å². The van der Waals surface area contributed by atoms with E-state index in [2.05, 4.69) is 49.1 Å². The number of halogens is 1. The van der Waals surface area contributed by atoms with Gasteiger partial charge in [-0.3, -0.25) is 0 Å². The van der Waals surface area contributed by atoms with Crippen LogP contribution < -0.4 is 10.6 Å². The molecule has 2 N–H and O–H groups in total. The highest BCUT2D eigenvalue weighted by atomic mass is 35.5. The number of rotatable bonds is 5. The van der Waals surface area contributed by atoms with Crippen LogP contribution in [0.5, 0.6) is 0 Å². The van der Waals surface area contributed by atoms with Crippen molar-refractivity contribution in [2.45, 2.75) is 33.0 Å². The van der Waals surface area contributed by atoms with E-state index in [0.29, 0.717) is 12.6 Å². The minimum atomic E-state index is 0.374. The Morgan fingerprint density at radius 3 is 2.35 bits per heavy atom. The van der Waals surface area contributed by atoms with E-state index in [1.165, 1.54) is 5.56 Å². The molecule has 20 heavy (non-hydrogen) atoms. The molecule has 0 amide bonds. The van der Waals surface area contributed by atoms with Gasteiger partial charge in [0.15, 0.2) is 0 Å². The van der Waals surface area contributed by atoms with Gasteiger partial charge >= 0.3 is 0 Å². The zero-order valence-electron chi connectivity index (χ0n) is 12.0. The quantitative estimate of drug-likeness (QED) is 0.893. The molecule has 2 nitrogen and oxygen atoms in total. The number of nitrogens with two attached hydrogens (primary N) is 1. The maximum Gasteiger partial charge on any atom is 0.0471 e. The van der Waals surface area contributed by atoms with E-state index in [-0.39, 0.29) is 0 Å². The predicted octanol–water partition coefficient (Wildman–Crippen LogP) is 4.21. The molecular weight excluding hydrogens is 268 g/mol. The van der Waals surface area contributed by atoms with E-state index in [9.17, 15) is 0 Å². The topological polar surface area (TPSA) is 29.3 Å². The van der Waals surface area contributed by atoms with E-state index < -0.39 is 0 Å². The second-order valence-electron chi connectivity index (χ2n) is 5.15. The predicted molar refractivity (Wildman–Crippen MR) is 87.1 cm³/mol. The van der Waals surface area contributed by atoms with Crippen LogP contribution in [0.2, 0.25) is 5.02 Å². The Kier molecular flexibility index (Phi) is 5.05. The summed E-state index contributed by atoms with van der Waals surface area (Å²) in [5.74, 6) is 0. The SMILES string of the molecule is CC(C)N(Cc1ccccc1)c1cccc(Cl)c1CN. The average Bonchev–Trinajstić information content (AvgIpc) is 2.45. The van der Waals surface area contributed by atoms with Crippen LogP contribution in [0.1, 0.15) is 25.0 Å². The third kappa shape index (κ3) is 3.33. The molecule has 0 heterocycles. The molecule has 0 aliphatic heterocycles.